The molecule has 2 bridgehead atoms. The van der Waals surface area contributed by atoms with Crippen LogP contribution in [0.4, 0.5) is 0 Å². The molecular weight excluding hydrogens is 322 g/mol. The summed E-state index contributed by atoms with van der Waals surface area (Å²) in [5.74, 6) is 0.798. The summed E-state index contributed by atoms with van der Waals surface area (Å²) in [6, 6.07) is 0.788. The van der Waals surface area contributed by atoms with Crippen LogP contribution in [0.1, 0.15) is 37.1 Å². The molecule has 7 heteroatoms. The third-order valence-corrected chi connectivity index (χ3v) is 5.96. The Morgan fingerprint density at radius 3 is 2.42 bits per heavy atom. The van der Waals surface area contributed by atoms with Crippen LogP contribution < -0.4 is 0 Å². The summed E-state index contributed by atoms with van der Waals surface area (Å²) in [5, 5.41) is 12.0. The molecule has 0 saturated carbocycles. The van der Waals surface area contributed by atoms with Crippen molar-refractivity contribution >= 4 is 11.8 Å². The molecule has 2 atom stereocenters. The van der Waals surface area contributed by atoms with Gasteiger partial charge in [0.25, 0.3) is 0 Å². The van der Waals surface area contributed by atoms with Crippen LogP contribution in [0.25, 0.3) is 0 Å². The Hall–Kier alpha value is -1.44. The fourth-order valence-electron chi connectivity index (χ4n) is 4.31. The van der Waals surface area contributed by atoms with Crippen molar-refractivity contribution in [2.45, 2.75) is 55.1 Å². The lowest BCUT2D eigenvalue weighted by Crippen LogP contribution is -2.50. The van der Waals surface area contributed by atoms with E-state index in [1.165, 1.54) is 0 Å². The Bertz CT molecular complexity index is 702. The molecule has 4 heterocycles. The normalized spacial score (nSPS) is 30.0. The van der Waals surface area contributed by atoms with Crippen LogP contribution in [-0.2, 0) is 19.2 Å². The minimum Gasteiger partial charge on any atom is -0.382 e. The lowest BCUT2D eigenvalue weighted by Gasteiger charge is -2.43. The van der Waals surface area contributed by atoms with Crippen molar-refractivity contribution in [2.75, 3.05) is 6.26 Å². The van der Waals surface area contributed by atoms with Gasteiger partial charge in [0.05, 0.1) is 0 Å². The van der Waals surface area contributed by atoms with Crippen LogP contribution in [0, 0.1) is 0 Å². The molecule has 0 radical (unpaired) electrons. The average Bonchev–Trinajstić information content (AvgIpc) is 3.11. The Morgan fingerprint density at radius 2 is 1.88 bits per heavy atom. The summed E-state index contributed by atoms with van der Waals surface area (Å²) in [6.45, 7) is 0.862. The fraction of sp³-hybridized carbons (Fsp3) is 0.588. The van der Waals surface area contributed by atoms with Crippen molar-refractivity contribution in [1.29, 1.82) is 0 Å². The third-order valence-electron chi connectivity index (χ3n) is 5.38. The molecule has 2 aliphatic heterocycles. The molecule has 2 aliphatic rings. The molecule has 0 unspecified atom stereocenters. The fourth-order valence-corrected chi connectivity index (χ4v) is 4.63. The highest BCUT2D eigenvalue weighted by Crippen LogP contribution is 2.45. The number of aliphatic hydroxyl groups is 1. The zero-order valence-electron chi connectivity index (χ0n) is 14.1. The van der Waals surface area contributed by atoms with E-state index in [2.05, 4.69) is 19.9 Å². The van der Waals surface area contributed by atoms with Crippen LogP contribution in [0.15, 0.2) is 29.9 Å². The highest BCUT2D eigenvalue weighted by molar-refractivity contribution is 7.98. The molecule has 24 heavy (non-hydrogen) atoms. The first-order chi connectivity index (χ1) is 11.6. The number of piperidine rings is 1. The van der Waals surface area contributed by atoms with Gasteiger partial charge in [0.1, 0.15) is 11.4 Å². The molecule has 0 spiro atoms. The molecule has 0 amide bonds. The lowest BCUT2D eigenvalue weighted by molar-refractivity contribution is -0.0670. The van der Waals surface area contributed by atoms with Gasteiger partial charge in [-0.15, -0.1) is 0 Å². The highest BCUT2D eigenvalue weighted by Gasteiger charge is 2.49. The summed E-state index contributed by atoms with van der Waals surface area (Å²) in [5.41, 5.74) is 0.340. The SMILES string of the molecule is CSc1ncc(CN2[C@H]3CC[C@H]2CC(O)(c2nccn2C)C3)cn1. The Labute approximate surface area is 146 Å². The van der Waals surface area contributed by atoms with Crippen molar-refractivity contribution in [3.05, 3.63) is 36.2 Å². The zero-order valence-corrected chi connectivity index (χ0v) is 14.9. The molecule has 6 nitrogen and oxygen atoms in total. The molecule has 2 aromatic rings. The van der Waals surface area contributed by atoms with Gasteiger partial charge in [-0.2, -0.15) is 0 Å². The van der Waals surface area contributed by atoms with E-state index in [4.69, 9.17) is 0 Å². The van der Waals surface area contributed by atoms with Gasteiger partial charge in [0, 0.05) is 56.0 Å². The van der Waals surface area contributed by atoms with Gasteiger partial charge >= 0.3 is 0 Å². The van der Waals surface area contributed by atoms with Gasteiger partial charge < -0.3 is 9.67 Å². The highest BCUT2D eigenvalue weighted by atomic mass is 32.2. The van der Waals surface area contributed by atoms with Gasteiger partial charge in [0.2, 0.25) is 0 Å². The topological polar surface area (TPSA) is 67.1 Å². The van der Waals surface area contributed by atoms with Gasteiger partial charge in [0.15, 0.2) is 5.16 Å². The molecule has 2 saturated heterocycles. The number of hydrogen-bond donors (Lipinski definition) is 1. The summed E-state index contributed by atoms with van der Waals surface area (Å²) < 4.78 is 1.95. The summed E-state index contributed by atoms with van der Waals surface area (Å²) >= 11 is 1.56. The molecule has 2 aromatic heterocycles. The Morgan fingerprint density at radius 1 is 1.21 bits per heavy atom. The van der Waals surface area contributed by atoms with Crippen LogP contribution >= 0.6 is 11.8 Å². The van der Waals surface area contributed by atoms with Gasteiger partial charge in [-0.3, -0.25) is 4.90 Å². The maximum absolute atomic E-state index is 11.2. The number of fused-ring (bicyclic) bond motifs is 2. The van der Waals surface area contributed by atoms with Crippen LogP contribution in [-0.4, -0.2) is 47.9 Å². The maximum Gasteiger partial charge on any atom is 0.187 e. The Balaban J connectivity index is 1.51. The minimum atomic E-state index is -0.806. The van der Waals surface area contributed by atoms with E-state index in [1.54, 1.807) is 18.0 Å². The largest absolute Gasteiger partial charge is 0.382 e. The summed E-state index contributed by atoms with van der Waals surface area (Å²) in [6.07, 6.45) is 13.3. The minimum absolute atomic E-state index is 0.394. The molecule has 1 N–H and O–H groups in total. The summed E-state index contributed by atoms with van der Waals surface area (Å²) in [7, 11) is 1.96. The number of aryl methyl sites for hydroxylation is 1. The van der Waals surface area contributed by atoms with Crippen molar-refractivity contribution in [1.82, 2.24) is 24.4 Å². The van der Waals surface area contributed by atoms with E-state index in [1.807, 2.05) is 36.5 Å². The summed E-state index contributed by atoms with van der Waals surface area (Å²) in [4.78, 5) is 15.7. The van der Waals surface area contributed by atoms with E-state index >= 15 is 0 Å². The average molecular weight is 345 g/mol. The number of hydrogen-bond acceptors (Lipinski definition) is 6. The molecule has 128 valence electrons. The van der Waals surface area contributed by atoms with Crippen LogP contribution in [0.5, 0.6) is 0 Å². The van der Waals surface area contributed by atoms with Crippen molar-refractivity contribution in [2.24, 2.45) is 7.05 Å². The van der Waals surface area contributed by atoms with E-state index in [-0.39, 0.29) is 0 Å². The number of imidazole rings is 1. The van der Waals surface area contributed by atoms with Gasteiger partial charge in [-0.25, -0.2) is 15.0 Å². The number of thioether (sulfide) groups is 1. The zero-order chi connectivity index (χ0) is 16.7. The molecule has 0 aromatic carbocycles. The predicted molar refractivity (Wildman–Crippen MR) is 92.5 cm³/mol. The Kier molecular flexibility index (Phi) is 4.10. The second kappa shape index (κ2) is 6.13. The van der Waals surface area contributed by atoms with Crippen LogP contribution in [0.3, 0.4) is 0 Å². The third kappa shape index (κ3) is 2.74. The van der Waals surface area contributed by atoms with E-state index < -0.39 is 5.60 Å². The van der Waals surface area contributed by atoms with E-state index in [0.717, 1.165) is 48.8 Å². The maximum atomic E-state index is 11.2. The second-order valence-corrected chi connectivity index (χ2v) is 7.71. The molecule has 4 rings (SSSR count). The van der Waals surface area contributed by atoms with Crippen LogP contribution in [0.2, 0.25) is 0 Å². The standard InChI is InChI=1S/C17H23N5OS/c1-21-6-5-18-15(21)17(23)7-13-3-4-14(8-17)22(13)11-12-9-19-16(24-2)20-10-12/h5-6,9-10,13-14,23H,3-4,7-8,11H2,1-2H3/t13-,14-/m0/s1. The number of nitrogens with zero attached hydrogens (tertiary/aromatic N) is 5. The molecular formula is C17H23N5OS. The quantitative estimate of drug-likeness (QED) is 0.675. The monoisotopic (exact) mass is 345 g/mol. The number of aromatic nitrogens is 4. The lowest BCUT2D eigenvalue weighted by atomic mass is 9.85. The van der Waals surface area contributed by atoms with E-state index in [9.17, 15) is 5.11 Å². The van der Waals surface area contributed by atoms with Gasteiger partial charge in [-0.05, 0) is 31.9 Å². The van der Waals surface area contributed by atoms with Crippen molar-refractivity contribution in [3.63, 3.8) is 0 Å². The smallest absolute Gasteiger partial charge is 0.187 e. The second-order valence-electron chi connectivity index (χ2n) is 6.94. The molecule has 2 fully saturated rings. The molecule has 0 aliphatic carbocycles. The van der Waals surface area contributed by atoms with Crippen molar-refractivity contribution < 1.29 is 5.11 Å². The first-order valence-electron chi connectivity index (χ1n) is 8.40. The van der Waals surface area contributed by atoms with Gasteiger partial charge in [-0.1, -0.05) is 11.8 Å². The first kappa shape index (κ1) is 16.1. The number of rotatable bonds is 4. The predicted octanol–water partition coefficient (Wildman–Crippen LogP) is 1.95. The van der Waals surface area contributed by atoms with E-state index in [0.29, 0.717) is 12.1 Å². The van der Waals surface area contributed by atoms with Crippen molar-refractivity contribution in [3.8, 4) is 0 Å². The first-order valence-corrected chi connectivity index (χ1v) is 9.62.